The van der Waals surface area contributed by atoms with Crippen LogP contribution in [0.2, 0.25) is 0 Å². The van der Waals surface area contributed by atoms with Crippen molar-refractivity contribution in [2.24, 2.45) is 0 Å². The molecule has 0 bridgehead atoms. The molecule has 2 N–H and O–H groups in total. The predicted molar refractivity (Wildman–Crippen MR) is 169 cm³/mol. The third kappa shape index (κ3) is 8.38. The van der Waals surface area contributed by atoms with Crippen molar-refractivity contribution in [1.82, 2.24) is 9.80 Å². The second-order valence-corrected chi connectivity index (χ2v) is 11.5. The van der Waals surface area contributed by atoms with Gasteiger partial charge in [0.25, 0.3) is 0 Å². The molecule has 2 aliphatic heterocycles. The van der Waals surface area contributed by atoms with Crippen LogP contribution in [0.5, 0.6) is 11.5 Å². The van der Waals surface area contributed by atoms with E-state index in [2.05, 4.69) is 82.0 Å². The van der Waals surface area contributed by atoms with Crippen molar-refractivity contribution in [3.8, 4) is 11.5 Å². The lowest BCUT2D eigenvalue weighted by atomic mass is 10.1. The summed E-state index contributed by atoms with van der Waals surface area (Å²) in [7, 11) is 0. The van der Waals surface area contributed by atoms with Crippen molar-refractivity contribution in [1.29, 1.82) is 0 Å². The summed E-state index contributed by atoms with van der Waals surface area (Å²) in [6.07, 6.45) is -1.11. The number of para-hydroxylation sites is 2. The minimum Gasteiger partial charge on any atom is -0.491 e. The van der Waals surface area contributed by atoms with Crippen molar-refractivity contribution in [3.05, 3.63) is 83.9 Å². The summed E-state index contributed by atoms with van der Waals surface area (Å²) in [5.74, 6) is 1.38. The fraction of sp³-hybridized carbons (Fsp3) is 0.471. The molecular formula is C34H46N4O4. The normalized spacial score (nSPS) is 18.1. The molecule has 5 rings (SSSR count). The predicted octanol–water partition coefficient (Wildman–Crippen LogP) is 3.43. The van der Waals surface area contributed by atoms with Crippen LogP contribution in [0, 0.1) is 13.8 Å². The second-order valence-electron chi connectivity index (χ2n) is 11.5. The zero-order valence-corrected chi connectivity index (χ0v) is 25.1. The number of aryl methyl sites for hydroxylation is 2. The SMILES string of the molecule is Cc1ccccc1N1CCN(CC(O)COc2ccc(OCC(O)CN3CCN(c4ccccc4C)CC3)cc2)CC1. The lowest BCUT2D eigenvalue weighted by Crippen LogP contribution is -2.49. The maximum absolute atomic E-state index is 10.6. The Bertz CT molecular complexity index is 1140. The Kier molecular flexibility index (Phi) is 10.6. The number of benzene rings is 3. The molecule has 0 aromatic heterocycles. The molecule has 8 nitrogen and oxygen atoms in total. The van der Waals surface area contributed by atoms with Crippen LogP contribution in [0.15, 0.2) is 72.8 Å². The number of aliphatic hydroxyl groups excluding tert-OH is 2. The molecule has 8 heteroatoms. The molecule has 0 spiro atoms. The first-order chi connectivity index (χ1) is 20.4. The highest BCUT2D eigenvalue weighted by Crippen LogP contribution is 2.23. The smallest absolute Gasteiger partial charge is 0.119 e. The maximum Gasteiger partial charge on any atom is 0.119 e. The fourth-order valence-electron chi connectivity index (χ4n) is 5.90. The van der Waals surface area contributed by atoms with Crippen LogP contribution >= 0.6 is 0 Å². The number of nitrogens with zero attached hydrogens (tertiary/aromatic N) is 4. The number of aliphatic hydroxyl groups is 2. The van der Waals surface area contributed by atoms with Gasteiger partial charge in [-0.3, -0.25) is 9.80 Å². The summed E-state index contributed by atoms with van der Waals surface area (Å²) >= 11 is 0. The zero-order chi connectivity index (χ0) is 29.3. The highest BCUT2D eigenvalue weighted by molar-refractivity contribution is 5.54. The van der Waals surface area contributed by atoms with Crippen LogP contribution in [0.1, 0.15) is 11.1 Å². The molecular weight excluding hydrogens is 528 g/mol. The van der Waals surface area contributed by atoms with Crippen LogP contribution in [0.4, 0.5) is 11.4 Å². The highest BCUT2D eigenvalue weighted by atomic mass is 16.5. The first-order valence-electron chi connectivity index (χ1n) is 15.2. The average Bonchev–Trinajstić information content (AvgIpc) is 3.01. The van der Waals surface area contributed by atoms with Crippen LogP contribution in [-0.4, -0.2) is 111 Å². The van der Waals surface area contributed by atoms with Gasteiger partial charge in [-0.15, -0.1) is 0 Å². The fourth-order valence-corrected chi connectivity index (χ4v) is 5.90. The number of hydrogen-bond acceptors (Lipinski definition) is 8. The quantitative estimate of drug-likeness (QED) is 0.341. The van der Waals surface area contributed by atoms with Crippen molar-refractivity contribution in [2.45, 2.75) is 26.1 Å². The first kappa shape index (κ1) is 30.2. The summed E-state index contributed by atoms with van der Waals surface area (Å²) in [6.45, 7) is 13.5. The summed E-state index contributed by atoms with van der Waals surface area (Å²) < 4.78 is 11.7. The first-order valence-corrected chi connectivity index (χ1v) is 15.2. The summed E-state index contributed by atoms with van der Waals surface area (Å²) in [5.41, 5.74) is 5.21. The van der Waals surface area contributed by atoms with Gasteiger partial charge in [0.15, 0.2) is 0 Å². The molecule has 2 heterocycles. The zero-order valence-electron chi connectivity index (χ0n) is 25.1. The molecule has 2 aliphatic rings. The molecule has 2 unspecified atom stereocenters. The third-order valence-corrected chi connectivity index (χ3v) is 8.30. The van der Waals surface area contributed by atoms with Gasteiger partial charge in [0, 0.05) is 76.8 Å². The Morgan fingerprint density at radius 3 is 1.26 bits per heavy atom. The molecule has 3 aromatic rings. The maximum atomic E-state index is 10.6. The van der Waals surface area contributed by atoms with E-state index >= 15 is 0 Å². The standard InChI is InChI=1S/C34H46N4O4/c1-27-7-3-5-9-33(27)37-19-15-35(16-20-37)23-29(39)25-41-31-11-13-32(14-12-31)42-26-30(40)24-36-17-21-38(22-18-36)34-10-6-4-8-28(34)2/h3-14,29-30,39-40H,15-26H2,1-2H3. The van der Waals surface area contributed by atoms with Crippen molar-refractivity contribution >= 4 is 11.4 Å². The Balaban J connectivity index is 0.960. The largest absolute Gasteiger partial charge is 0.491 e. The number of piperazine rings is 2. The highest BCUT2D eigenvalue weighted by Gasteiger charge is 2.22. The van der Waals surface area contributed by atoms with Crippen molar-refractivity contribution in [2.75, 3.05) is 88.5 Å². The minimum atomic E-state index is -0.556. The number of β-amino-alcohol motifs (C(OH)–C–C–N with tert-alkyl or cyclic N) is 2. The topological polar surface area (TPSA) is 71.9 Å². The van der Waals surface area contributed by atoms with Gasteiger partial charge in [-0.1, -0.05) is 36.4 Å². The minimum absolute atomic E-state index is 0.244. The third-order valence-electron chi connectivity index (χ3n) is 8.30. The van der Waals surface area contributed by atoms with E-state index in [9.17, 15) is 10.2 Å². The van der Waals surface area contributed by atoms with Gasteiger partial charge in [0.2, 0.25) is 0 Å². The number of hydrogen-bond donors (Lipinski definition) is 2. The van der Waals surface area contributed by atoms with Crippen molar-refractivity contribution in [3.63, 3.8) is 0 Å². The molecule has 0 radical (unpaired) electrons. The van der Waals surface area contributed by atoms with Gasteiger partial charge in [-0.2, -0.15) is 0 Å². The molecule has 3 aromatic carbocycles. The van der Waals surface area contributed by atoms with Crippen LogP contribution in [0.3, 0.4) is 0 Å². The Morgan fingerprint density at radius 1 is 0.548 bits per heavy atom. The molecule has 226 valence electrons. The lowest BCUT2D eigenvalue weighted by molar-refractivity contribution is 0.0650. The molecule has 42 heavy (non-hydrogen) atoms. The number of rotatable bonds is 12. The lowest BCUT2D eigenvalue weighted by Gasteiger charge is -2.37. The number of anilines is 2. The van der Waals surface area contributed by atoms with E-state index in [1.165, 1.54) is 22.5 Å². The van der Waals surface area contributed by atoms with E-state index in [1.807, 2.05) is 24.3 Å². The molecule has 2 fully saturated rings. The molecule has 0 aliphatic carbocycles. The van der Waals surface area contributed by atoms with E-state index in [1.54, 1.807) is 0 Å². The Labute approximate surface area is 250 Å². The van der Waals surface area contributed by atoms with Gasteiger partial charge in [-0.05, 0) is 61.4 Å². The van der Waals surface area contributed by atoms with Gasteiger partial charge in [0.1, 0.15) is 36.9 Å². The molecule has 0 saturated carbocycles. The van der Waals surface area contributed by atoms with E-state index in [0.717, 1.165) is 52.4 Å². The van der Waals surface area contributed by atoms with Crippen molar-refractivity contribution < 1.29 is 19.7 Å². The number of ether oxygens (including phenoxy) is 2. The monoisotopic (exact) mass is 574 g/mol. The van der Waals surface area contributed by atoms with E-state index in [0.29, 0.717) is 24.6 Å². The van der Waals surface area contributed by atoms with Crippen LogP contribution < -0.4 is 19.3 Å². The van der Waals surface area contributed by atoms with Gasteiger partial charge < -0.3 is 29.5 Å². The van der Waals surface area contributed by atoms with E-state index in [-0.39, 0.29) is 13.2 Å². The summed E-state index contributed by atoms with van der Waals surface area (Å²) in [5, 5.41) is 21.1. The van der Waals surface area contributed by atoms with Gasteiger partial charge in [-0.25, -0.2) is 0 Å². The summed E-state index contributed by atoms with van der Waals surface area (Å²) in [4.78, 5) is 9.45. The molecule has 0 amide bonds. The van der Waals surface area contributed by atoms with E-state index < -0.39 is 12.2 Å². The van der Waals surface area contributed by atoms with Crippen LogP contribution in [-0.2, 0) is 0 Å². The summed E-state index contributed by atoms with van der Waals surface area (Å²) in [6, 6.07) is 24.4. The van der Waals surface area contributed by atoms with Crippen LogP contribution in [0.25, 0.3) is 0 Å². The molecule has 2 atom stereocenters. The van der Waals surface area contributed by atoms with E-state index in [4.69, 9.17) is 9.47 Å². The average molecular weight is 575 g/mol. The molecule has 2 saturated heterocycles. The second kappa shape index (κ2) is 14.7. The Morgan fingerprint density at radius 2 is 0.905 bits per heavy atom. The van der Waals surface area contributed by atoms with Gasteiger partial charge in [0.05, 0.1) is 0 Å². The van der Waals surface area contributed by atoms with Gasteiger partial charge >= 0.3 is 0 Å². The Hall–Kier alpha value is -3.30.